The summed E-state index contributed by atoms with van der Waals surface area (Å²) in [5.74, 6) is -0.926. The van der Waals surface area contributed by atoms with Crippen molar-refractivity contribution < 1.29 is 27.3 Å². The van der Waals surface area contributed by atoms with E-state index in [1.807, 2.05) is 0 Å². The zero-order chi connectivity index (χ0) is 24.3. The number of hydrogen-bond acceptors (Lipinski definition) is 7. The summed E-state index contributed by atoms with van der Waals surface area (Å²) in [6, 6.07) is 5.99. The third-order valence-corrected chi connectivity index (χ3v) is 7.56. The number of hydrogen-bond donors (Lipinski definition) is 1. The standard InChI is InChI=1S/C21H26N4O7S/c1-14(2)19(22-20(26)17-5-4-12-32-17)21(27)23-8-10-24(11-9-23)33(30,31)18-13-16(25(28)29)7-6-15(18)3/h4-7,12-14,19H,8-11H2,1-3H3,(H,22,26). The van der Waals surface area contributed by atoms with E-state index < -0.39 is 26.9 Å². The molecule has 1 N–H and O–H groups in total. The number of carbonyl (C=O) groups is 2. The van der Waals surface area contributed by atoms with Crippen LogP contribution >= 0.6 is 0 Å². The summed E-state index contributed by atoms with van der Waals surface area (Å²) in [6.07, 6.45) is 1.36. The van der Waals surface area contributed by atoms with Crippen LogP contribution in [-0.2, 0) is 14.8 Å². The first-order valence-corrected chi connectivity index (χ1v) is 11.8. The lowest BCUT2D eigenvalue weighted by atomic mass is 10.0. The highest BCUT2D eigenvalue weighted by atomic mass is 32.2. The number of furan rings is 1. The molecule has 0 aliphatic carbocycles. The van der Waals surface area contributed by atoms with Crippen LogP contribution in [-0.4, -0.2) is 66.6 Å². The van der Waals surface area contributed by atoms with E-state index in [1.54, 1.807) is 26.8 Å². The average Bonchev–Trinajstić information content (AvgIpc) is 3.32. The summed E-state index contributed by atoms with van der Waals surface area (Å²) in [5, 5.41) is 13.8. The molecule has 1 aromatic heterocycles. The van der Waals surface area contributed by atoms with Crippen molar-refractivity contribution in [1.82, 2.24) is 14.5 Å². The van der Waals surface area contributed by atoms with Crippen molar-refractivity contribution in [3.8, 4) is 0 Å². The second kappa shape index (κ2) is 9.71. The number of nitro groups is 1. The van der Waals surface area contributed by atoms with Gasteiger partial charge in [0.05, 0.1) is 16.1 Å². The predicted molar refractivity (Wildman–Crippen MR) is 118 cm³/mol. The lowest BCUT2D eigenvalue weighted by Crippen LogP contribution is -2.57. The molecule has 0 bridgehead atoms. The van der Waals surface area contributed by atoms with Gasteiger partial charge in [-0.05, 0) is 30.5 Å². The number of nitrogens with zero attached hydrogens (tertiary/aromatic N) is 3. The van der Waals surface area contributed by atoms with Crippen LogP contribution in [0.2, 0.25) is 0 Å². The molecule has 1 aliphatic heterocycles. The van der Waals surface area contributed by atoms with E-state index in [0.29, 0.717) is 5.56 Å². The number of amides is 2. The van der Waals surface area contributed by atoms with E-state index in [4.69, 9.17) is 4.42 Å². The van der Waals surface area contributed by atoms with Crippen LogP contribution in [0.25, 0.3) is 0 Å². The van der Waals surface area contributed by atoms with Gasteiger partial charge in [0.15, 0.2) is 5.76 Å². The molecule has 0 spiro atoms. The quantitative estimate of drug-likeness (QED) is 0.472. The second-order valence-electron chi connectivity index (χ2n) is 8.11. The molecule has 3 rings (SSSR count). The summed E-state index contributed by atoms with van der Waals surface area (Å²) < 4.78 is 32.5. The molecule has 1 saturated heterocycles. The van der Waals surface area contributed by atoms with E-state index in [9.17, 15) is 28.1 Å². The normalized spacial score (nSPS) is 15.9. The molecular formula is C21H26N4O7S. The zero-order valence-corrected chi connectivity index (χ0v) is 19.4. The molecule has 33 heavy (non-hydrogen) atoms. The van der Waals surface area contributed by atoms with Gasteiger partial charge >= 0.3 is 0 Å². The first kappa shape index (κ1) is 24.4. The Morgan fingerprint density at radius 1 is 1.15 bits per heavy atom. The topological polar surface area (TPSA) is 143 Å². The van der Waals surface area contributed by atoms with Crippen LogP contribution in [0.1, 0.15) is 30.0 Å². The highest BCUT2D eigenvalue weighted by molar-refractivity contribution is 7.89. The van der Waals surface area contributed by atoms with Gasteiger partial charge in [0, 0.05) is 38.3 Å². The van der Waals surface area contributed by atoms with Gasteiger partial charge in [-0.2, -0.15) is 4.31 Å². The maximum absolute atomic E-state index is 13.1. The Balaban J connectivity index is 1.70. The molecule has 11 nitrogen and oxygen atoms in total. The number of sulfonamides is 1. The maximum atomic E-state index is 13.1. The average molecular weight is 479 g/mol. The highest BCUT2D eigenvalue weighted by Crippen LogP contribution is 2.26. The van der Waals surface area contributed by atoms with Gasteiger partial charge in [0.1, 0.15) is 6.04 Å². The number of benzene rings is 1. The molecular weight excluding hydrogens is 452 g/mol. The van der Waals surface area contributed by atoms with Gasteiger partial charge < -0.3 is 14.6 Å². The fourth-order valence-electron chi connectivity index (χ4n) is 3.60. The van der Waals surface area contributed by atoms with Crippen molar-refractivity contribution >= 4 is 27.5 Å². The van der Waals surface area contributed by atoms with E-state index >= 15 is 0 Å². The molecule has 12 heteroatoms. The molecule has 1 unspecified atom stereocenters. The van der Waals surface area contributed by atoms with Crippen molar-refractivity contribution in [2.75, 3.05) is 26.2 Å². The number of rotatable bonds is 7. The second-order valence-corrected chi connectivity index (χ2v) is 10.0. The molecule has 1 aliphatic rings. The summed E-state index contributed by atoms with van der Waals surface area (Å²) in [6.45, 7) is 5.51. The summed E-state index contributed by atoms with van der Waals surface area (Å²) in [5.41, 5.74) is 0.0969. The van der Waals surface area contributed by atoms with Crippen LogP contribution in [0.3, 0.4) is 0 Å². The van der Waals surface area contributed by atoms with Gasteiger partial charge in [-0.3, -0.25) is 19.7 Å². The molecule has 1 atom stereocenters. The minimum Gasteiger partial charge on any atom is -0.459 e. The van der Waals surface area contributed by atoms with Crippen molar-refractivity contribution in [2.24, 2.45) is 5.92 Å². The van der Waals surface area contributed by atoms with Crippen molar-refractivity contribution in [3.63, 3.8) is 0 Å². The van der Waals surface area contributed by atoms with Gasteiger partial charge in [0.2, 0.25) is 15.9 Å². The van der Waals surface area contributed by atoms with E-state index in [1.165, 1.54) is 33.7 Å². The van der Waals surface area contributed by atoms with Crippen LogP contribution in [0.5, 0.6) is 0 Å². The molecule has 2 heterocycles. The highest BCUT2D eigenvalue weighted by Gasteiger charge is 2.35. The number of piperazine rings is 1. The number of carbonyl (C=O) groups excluding carboxylic acids is 2. The first-order valence-electron chi connectivity index (χ1n) is 10.4. The van der Waals surface area contributed by atoms with Crippen LogP contribution in [0, 0.1) is 23.0 Å². The molecule has 2 aromatic rings. The number of nitrogens with one attached hydrogen (secondary N) is 1. The molecule has 0 radical (unpaired) electrons. The number of nitro benzene ring substituents is 1. The van der Waals surface area contributed by atoms with Gasteiger partial charge in [0.25, 0.3) is 11.6 Å². The SMILES string of the molecule is Cc1ccc([N+](=O)[O-])cc1S(=O)(=O)N1CCN(C(=O)C(NC(=O)c2ccco2)C(C)C)CC1. The van der Waals surface area contributed by atoms with E-state index in [-0.39, 0.29) is 54.3 Å². The number of aryl methyl sites for hydroxylation is 1. The molecule has 1 aromatic carbocycles. The third kappa shape index (κ3) is 5.22. The molecule has 1 fully saturated rings. The fraction of sp³-hybridized carbons (Fsp3) is 0.429. The fourth-order valence-corrected chi connectivity index (χ4v) is 5.27. The Hall–Kier alpha value is -3.25. The lowest BCUT2D eigenvalue weighted by Gasteiger charge is -2.36. The minimum absolute atomic E-state index is 0.0349. The monoisotopic (exact) mass is 478 g/mol. The van der Waals surface area contributed by atoms with Gasteiger partial charge in [-0.15, -0.1) is 0 Å². The largest absolute Gasteiger partial charge is 0.459 e. The van der Waals surface area contributed by atoms with Crippen molar-refractivity contribution in [1.29, 1.82) is 0 Å². The Kier molecular flexibility index (Phi) is 7.18. The lowest BCUT2D eigenvalue weighted by molar-refractivity contribution is -0.385. The van der Waals surface area contributed by atoms with E-state index in [0.717, 1.165) is 6.07 Å². The Morgan fingerprint density at radius 2 is 1.82 bits per heavy atom. The molecule has 0 saturated carbocycles. The Morgan fingerprint density at radius 3 is 2.36 bits per heavy atom. The zero-order valence-electron chi connectivity index (χ0n) is 18.6. The van der Waals surface area contributed by atoms with Crippen molar-refractivity contribution in [3.05, 3.63) is 58.0 Å². The molecule has 2 amide bonds. The summed E-state index contributed by atoms with van der Waals surface area (Å²) >= 11 is 0. The third-order valence-electron chi connectivity index (χ3n) is 5.51. The predicted octanol–water partition coefficient (Wildman–Crippen LogP) is 1.78. The Bertz CT molecular complexity index is 1140. The maximum Gasteiger partial charge on any atom is 0.287 e. The van der Waals surface area contributed by atoms with Crippen molar-refractivity contribution in [2.45, 2.75) is 31.7 Å². The minimum atomic E-state index is -3.97. The first-order chi connectivity index (χ1) is 15.5. The summed E-state index contributed by atoms with van der Waals surface area (Å²) in [7, 11) is -3.97. The summed E-state index contributed by atoms with van der Waals surface area (Å²) in [4.78, 5) is 37.2. The van der Waals surface area contributed by atoms with Gasteiger partial charge in [-0.1, -0.05) is 19.9 Å². The van der Waals surface area contributed by atoms with Crippen LogP contribution < -0.4 is 5.32 Å². The smallest absolute Gasteiger partial charge is 0.287 e. The van der Waals surface area contributed by atoms with E-state index in [2.05, 4.69) is 5.32 Å². The number of non-ortho nitro benzene ring substituents is 1. The Labute approximate surface area is 191 Å². The molecule has 178 valence electrons. The van der Waals surface area contributed by atoms with Gasteiger partial charge in [-0.25, -0.2) is 8.42 Å². The van der Waals surface area contributed by atoms with Crippen LogP contribution in [0.15, 0.2) is 45.9 Å². The van der Waals surface area contributed by atoms with Crippen LogP contribution in [0.4, 0.5) is 5.69 Å².